The van der Waals surface area contributed by atoms with Crippen molar-refractivity contribution >= 4 is 11.9 Å². The summed E-state index contributed by atoms with van der Waals surface area (Å²) in [6.07, 6.45) is 0.751. The maximum Gasteiger partial charge on any atom is 0.349 e. The van der Waals surface area contributed by atoms with Gasteiger partial charge < -0.3 is 15.5 Å². The van der Waals surface area contributed by atoms with Gasteiger partial charge in [0.15, 0.2) is 0 Å². The summed E-state index contributed by atoms with van der Waals surface area (Å²) in [7, 11) is 3.61. The van der Waals surface area contributed by atoms with Crippen LogP contribution in [-0.4, -0.2) is 29.0 Å². The summed E-state index contributed by atoms with van der Waals surface area (Å²) in [5.74, 6) is 0.545. The van der Waals surface area contributed by atoms with Crippen LogP contribution in [0.5, 0.6) is 6.01 Å². The molecule has 7 nitrogen and oxygen atoms in total. The Balaban J connectivity index is 2.76. The van der Waals surface area contributed by atoms with Crippen LogP contribution in [-0.2, 0) is 0 Å². The molecule has 3 N–H and O–H groups in total. The van der Waals surface area contributed by atoms with Crippen molar-refractivity contribution in [2.24, 2.45) is 0 Å². The molecule has 1 aromatic rings. The van der Waals surface area contributed by atoms with Gasteiger partial charge in [-0.25, -0.2) is 5.48 Å². The molecule has 0 saturated heterocycles. The maximum atomic E-state index is 5.52. The summed E-state index contributed by atoms with van der Waals surface area (Å²) >= 11 is 0. The van der Waals surface area contributed by atoms with Crippen molar-refractivity contribution in [2.45, 2.75) is 13.3 Å². The molecule has 0 unspecified atom stereocenters. The van der Waals surface area contributed by atoms with Crippen molar-refractivity contribution in [3.63, 3.8) is 0 Å². The Bertz CT molecular complexity index is 378. The van der Waals surface area contributed by atoms with E-state index in [1.54, 1.807) is 19.0 Å². The topological polar surface area (TPSA) is 89.2 Å². The van der Waals surface area contributed by atoms with Crippen molar-refractivity contribution in [2.75, 3.05) is 24.7 Å². The fourth-order valence-electron chi connectivity index (χ4n) is 0.797. The van der Waals surface area contributed by atoms with E-state index in [0.717, 1.165) is 12.1 Å². The van der Waals surface area contributed by atoms with E-state index in [-0.39, 0.29) is 12.0 Å². The first kappa shape index (κ1) is 12.0. The van der Waals surface area contributed by atoms with Gasteiger partial charge in [0.2, 0.25) is 11.9 Å². The average Bonchev–Trinajstić information content (AvgIpc) is 2.25. The van der Waals surface area contributed by atoms with Crippen LogP contribution in [0.25, 0.3) is 0 Å². The predicted octanol–water partition coefficient (Wildman–Crippen LogP) is 0.327. The molecule has 0 aromatic carbocycles. The Labute approximate surface area is 94.3 Å². The van der Waals surface area contributed by atoms with E-state index < -0.39 is 0 Å². The molecule has 0 radical (unpaired) electrons. The lowest BCUT2D eigenvalue weighted by molar-refractivity contribution is 0.206. The maximum absolute atomic E-state index is 5.52. The van der Waals surface area contributed by atoms with Gasteiger partial charge in [0.05, 0.1) is 0 Å². The van der Waals surface area contributed by atoms with Crippen molar-refractivity contribution < 1.29 is 4.84 Å². The third-order valence-electron chi connectivity index (χ3n) is 1.73. The standard InChI is InChI=1S/C9H16N6O/c1-5-6(2)14-16-9-12-7(10)11-8(13-9)15(3)4/h14H,2,5H2,1,3-4H3,(H2,10,11,12,13). The highest BCUT2D eigenvalue weighted by Gasteiger charge is 2.07. The van der Waals surface area contributed by atoms with E-state index in [2.05, 4.69) is 27.0 Å². The van der Waals surface area contributed by atoms with E-state index in [1.807, 2.05) is 6.92 Å². The van der Waals surface area contributed by atoms with Gasteiger partial charge in [-0.2, -0.15) is 15.0 Å². The summed E-state index contributed by atoms with van der Waals surface area (Å²) in [5.41, 5.74) is 8.86. The number of aromatic nitrogens is 3. The lowest BCUT2D eigenvalue weighted by Gasteiger charge is -2.12. The summed E-state index contributed by atoms with van der Waals surface area (Å²) in [5, 5.41) is 0. The monoisotopic (exact) mass is 224 g/mol. The van der Waals surface area contributed by atoms with Gasteiger partial charge in [0.1, 0.15) is 0 Å². The first-order valence-electron chi connectivity index (χ1n) is 4.82. The van der Waals surface area contributed by atoms with Crippen LogP contribution in [0, 0.1) is 0 Å². The second-order valence-electron chi connectivity index (χ2n) is 3.33. The van der Waals surface area contributed by atoms with Crippen LogP contribution in [0.1, 0.15) is 13.3 Å². The van der Waals surface area contributed by atoms with E-state index in [4.69, 9.17) is 10.6 Å². The van der Waals surface area contributed by atoms with Crippen LogP contribution >= 0.6 is 0 Å². The summed E-state index contributed by atoms with van der Waals surface area (Å²) in [6.45, 7) is 5.67. The molecular formula is C9H16N6O. The normalized spacial score (nSPS) is 9.69. The lowest BCUT2D eigenvalue weighted by atomic mass is 10.4. The number of nitrogens with two attached hydrogens (primary N) is 1. The highest BCUT2D eigenvalue weighted by molar-refractivity contribution is 5.33. The highest BCUT2D eigenvalue weighted by Crippen LogP contribution is 2.10. The number of hydrogen-bond acceptors (Lipinski definition) is 7. The molecule has 0 aliphatic carbocycles. The Morgan fingerprint density at radius 1 is 1.44 bits per heavy atom. The van der Waals surface area contributed by atoms with Crippen LogP contribution in [0.3, 0.4) is 0 Å². The van der Waals surface area contributed by atoms with Crippen molar-refractivity contribution in [1.29, 1.82) is 0 Å². The minimum Gasteiger partial charge on any atom is -0.368 e. The minimum atomic E-state index is 0.109. The van der Waals surface area contributed by atoms with Gasteiger partial charge in [-0.15, -0.1) is 0 Å². The van der Waals surface area contributed by atoms with E-state index in [0.29, 0.717) is 5.95 Å². The Kier molecular flexibility index (Phi) is 3.87. The highest BCUT2D eigenvalue weighted by atomic mass is 16.7. The molecule has 0 aliphatic heterocycles. The predicted molar refractivity (Wildman–Crippen MR) is 61.8 cm³/mol. The molecule has 1 aromatic heterocycles. The molecule has 0 amide bonds. The first-order valence-corrected chi connectivity index (χ1v) is 4.82. The Morgan fingerprint density at radius 2 is 2.12 bits per heavy atom. The number of allylic oxidation sites excluding steroid dienone is 1. The molecule has 0 bridgehead atoms. The molecule has 0 aliphatic rings. The zero-order valence-electron chi connectivity index (χ0n) is 9.69. The summed E-state index contributed by atoms with van der Waals surface area (Å²) < 4.78 is 0. The lowest BCUT2D eigenvalue weighted by Crippen LogP contribution is -2.21. The van der Waals surface area contributed by atoms with Crippen LogP contribution in [0.4, 0.5) is 11.9 Å². The fourth-order valence-corrected chi connectivity index (χ4v) is 0.797. The first-order chi connectivity index (χ1) is 7.52. The summed E-state index contributed by atoms with van der Waals surface area (Å²) in [6, 6.07) is 0.116. The molecule has 88 valence electrons. The van der Waals surface area contributed by atoms with E-state index in [1.165, 1.54) is 0 Å². The molecule has 1 heterocycles. The molecule has 1 rings (SSSR count). The Morgan fingerprint density at radius 3 is 2.69 bits per heavy atom. The van der Waals surface area contributed by atoms with Crippen LogP contribution < -0.4 is 21.0 Å². The van der Waals surface area contributed by atoms with Gasteiger partial charge in [-0.3, -0.25) is 0 Å². The zero-order chi connectivity index (χ0) is 12.1. The largest absolute Gasteiger partial charge is 0.368 e. The molecule has 0 fully saturated rings. The van der Waals surface area contributed by atoms with Crippen LogP contribution in [0.2, 0.25) is 0 Å². The Hall–Kier alpha value is -2.05. The third kappa shape index (κ3) is 3.26. The number of nitrogen functional groups attached to an aromatic ring is 1. The number of nitrogens with one attached hydrogen (secondary N) is 1. The average molecular weight is 224 g/mol. The second-order valence-corrected chi connectivity index (χ2v) is 3.33. The number of rotatable bonds is 5. The fraction of sp³-hybridized carbons (Fsp3) is 0.444. The van der Waals surface area contributed by atoms with Gasteiger partial charge in [-0.1, -0.05) is 13.5 Å². The molecular weight excluding hydrogens is 208 g/mol. The molecule has 16 heavy (non-hydrogen) atoms. The van der Waals surface area contributed by atoms with Crippen molar-refractivity contribution in [3.8, 4) is 6.01 Å². The second kappa shape index (κ2) is 5.15. The van der Waals surface area contributed by atoms with Crippen LogP contribution in [0.15, 0.2) is 12.3 Å². The van der Waals surface area contributed by atoms with Crippen molar-refractivity contribution in [1.82, 2.24) is 20.4 Å². The van der Waals surface area contributed by atoms with Gasteiger partial charge in [0, 0.05) is 19.8 Å². The van der Waals surface area contributed by atoms with Crippen molar-refractivity contribution in [3.05, 3.63) is 12.3 Å². The summed E-state index contributed by atoms with van der Waals surface area (Å²) in [4.78, 5) is 18.6. The zero-order valence-corrected chi connectivity index (χ0v) is 9.69. The van der Waals surface area contributed by atoms with Gasteiger partial charge in [0.25, 0.3) is 0 Å². The molecule has 0 atom stereocenters. The number of hydroxylamine groups is 1. The number of anilines is 2. The molecule has 0 spiro atoms. The third-order valence-corrected chi connectivity index (χ3v) is 1.73. The molecule has 7 heteroatoms. The van der Waals surface area contributed by atoms with E-state index in [9.17, 15) is 0 Å². The van der Waals surface area contributed by atoms with Gasteiger partial charge in [-0.05, 0) is 6.42 Å². The number of nitrogens with zero attached hydrogens (tertiary/aromatic N) is 4. The SMILES string of the molecule is C=C(CC)NOc1nc(N)nc(N(C)C)n1. The molecule has 0 saturated carbocycles. The van der Waals surface area contributed by atoms with E-state index >= 15 is 0 Å². The quantitative estimate of drug-likeness (QED) is 0.696. The van der Waals surface area contributed by atoms with Gasteiger partial charge >= 0.3 is 6.01 Å². The number of hydrogen-bond donors (Lipinski definition) is 2. The minimum absolute atomic E-state index is 0.109. The smallest absolute Gasteiger partial charge is 0.349 e.